The van der Waals surface area contributed by atoms with Gasteiger partial charge in [0.1, 0.15) is 6.04 Å². The molecule has 3 aromatic rings. The molecule has 3 heterocycles. The van der Waals surface area contributed by atoms with Gasteiger partial charge in [-0.05, 0) is 87.7 Å². The van der Waals surface area contributed by atoms with E-state index in [1.165, 1.54) is 19.3 Å². The molecule has 21 heteroatoms. The molecule has 456 valence electrons. The first-order chi connectivity index (χ1) is 39.6. The number of likely N-dealkylation sites (N-methyl/N-ethyl adjacent to an activating group) is 2. The van der Waals surface area contributed by atoms with Crippen LogP contribution in [0.2, 0.25) is 0 Å². The number of hydrogen-bond acceptors (Lipinski definition) is 13. The van der Waals surface area contributed by atoms with Gasteiger partial charge in [0.05, 0.1) is 42.7 Å². The van der Waals surface area contributed by atoms with E-state index in [0.717, 1.165) is 26.9 Å². The molecule has 0 spiro atoms. The van der Waals surface area contributed by atoms with Gasteiger partial charge < -0.3 is 30.0 Å². The molecular weight excluding hydrogens is 1060 g/mol. The van der Waals surface area contributed by atoms with Crippen LogP contribution in [0.15, 0.2) is 72.9 Å². The van der Waals surface area contributed by atoms with Gasteiger partial charge in [-0.15, -0.1) is 0 Å². The molecule has 0 radical (unpaired) electrons. The smallest absolute Gasteiger partial charge is 0.253 e. The van der Waals surface area contributed by atoms with Crippen LogP contribution in [0.25, 0.3) is 10.9 Å². The zero-order valence-electron chi connectivity index (χ0n) is 50.7. The predicted octanol–water partition coefficient (Wildman–Crippen LogP) is 4.94. The van der Waals surface area contributed by atoms with Crippen LogP contribution in [0, 0.1) is 23.7 Å². The zero-order valence-corrected chi connectivity index (χ0v) is 50.7. The number of amides is 9. The van der Waals surface area contributed by atoms with Crippen LogP contribution in [0.3, 0.4) is 0 Å². The third-order valence-corrected chi connectivity index (χ3v) is 16.4. The van der Waals surface area contributed by atoms with Gasteiger partial charge in [0, 0.05) is 88.4 Å². The van der Waals surface area contributed by atoms with Crippen LogP contribution in [0.5, 0.6) is 0 Å². The van der Waals surface area contributed by atoms with E-state index in [1.807, 2.05) is 112 Å². The SMILES string of the molecule is CC[C@H](C)[C@@H]([C@@H](CC(=O)N1CCC[C@H]1[C@H](OC)[C@@H](C)C(=O)N[C@@H](Cc1c[nH]c2ccccc12)C(=O)NCc1ccccc1)OC)N(C)[C@H](C(=O)NC(=O)[C@H](C(C)C)N(C)CCCC(=O)NNC(=O)CCCCCN1C(=O)C=CC1=O)C(C)C. The summed E-state index contributed by atoms with van der Waals surface area (Å²) in [6, 6.07) is 14.0. The lowest BCUT2D eigenvalue weighted by Crippen LogP contribution is -2.60. The molecule has 1 saturated heterocycles. The Morgan fingerprint density at radius 1 is 0.747 bits per heavy atom. The highest BCUT2D eigenvalue weighted by molar-refractivity contribution is 6.12. The Bertz CT molecular complexity index is 2680. The molecule has 0 bridgehead atoms. The Labute approximate surface area is 490 Å². The van der Waals surface area contributed by atoms with Crippen LogP contribution >= 0.6 is 0 Å². The van der Waals surface area contributed by atoms with E-state index < -0.39 is 66.1 Å². The van der Waals surface area contributed by atoms with Crippen LogP contribution in [0.4, 0.5) is 0 Å². The summed E-state index contributed by atoms with van der Waals surface area (Å²) in [6.45, 7) is 14.8. The number of benzene rings is 2. The number of nitrogens with zero attached hydrogens (tertiary/aromatic N) is 4. The number of hydrazine groups is 1. The fourth-order valence-electron chi connectivity index (χ4n) is 11.8. The summed E-state index contributed by atoms with van der Waals surface area (Å²) in [7, 11) is 6.69. The molecule has 2 aliphatic heterocycles. The summed E-state index contributed by atoms with van der Waals surface area (Å²) >= 11 is 0. The number of nitrogens with one attached hydrogen (secondary N) is 6. The average Bonchev–Trinajstić information content (AvgIpc) is 4.33. The number of ether oxygens (including phenoxy) is 2. The van der Waals surface area contributed by atoms with Gasteiger partial charge in [-0.3, -0.25) is 74.0 Å². The lowest BCUT2D eigenvalue weighted by atomic mass is 9.87. The number of methoxy groups -OCH3 is 2. The lowest BCUT2D eigenvalue weighted by Gasteiger charge is -2.43. The molecule has 9 atom stereocenters. The van der Waals surface area contributed by atoms with Gasteiger partial charge in [0.15, 0.2) is 0 Å². The first-order valence-electron chi connectivity index (χ1n) is 29.5. The molecule has 9 amide bonds. The number of fused-ring (bicyclic) bond motifs is 1. The van der Waals surface area contributed by atoms with Crippen LogP contribution in [0.1, 0.15) is 124 Å². The minimum absolute atomic E-state index is 0.0271. The maximum absolute atomic E-state index is 14.7. The summed E-state index contributed by atoms with van der Waals surface area (Å²) in [5.74, 6) is -4.64. The highest BCUT2D eigenvalue weighted by atomic mass is 16.5. The summed E-state index contributed by atoms with van der Waals surface area (Å²) in [5.41, 5.74) is 7.58. The Hall–Kier alpha value is -6.81. The normalized spacial score (nSPS) is 17.4. The van der Waals surface area contributed by atoms with Gasteiger partial charge in [-0.25, -0.2) is 0 Å². The molecule has 0 aliphatic carbocycles. The number of imide groups is 2. The van der Waals surface area contributed by atoms with Crippen molar-refractivity contribution in [2.75, 3.05) is 47.9 Å². The van der Waals surface area contributed by atoms with Crippen molar-refractivity contribution >= 4 is 64.1 Å². The second-order valence-electron chi connectivity index (χ2n) is 23.0. The fourth-order valence-corrected chi connectivity index (χ4v) is 11.8. The maximum Gasteiger partial charge on any atom is 0.253 e. The molecule has 1 aromatic heterocycles. The zero-order chi connectivity index (χ0) is 60.9. The van der Waals surface area contributed by atoms with E-state index >= 15 is 0 Å². The van der Waals surface area contributed by atoms with E-state index in [9.17, 15) is 43.2 Å². The molecule has 6 N–H and O–H groups in total. The number of aromatic amines is 1. The lowest BCUT2D eigenvalue weighted by molar-refractivity contribution is -0.145. The number of H-pyrrole nitrogens is 1. The summed E-state index contributed by atoms with van der Waals surface area (Å²) in [4.78, 5) is 130. The Kier molecular flexibility index (Phi) is 26.5. The van der Waals surface area contributed by atoms with Crippen molar-refractivity contribution in [3.63, 3.8) is 0 Å². The Balaban J connectivity index is 1.17. The summed E-state index contributed by atoms with van der Waals surface area (Å²) in [6.07, 6.45) is 7.40. The minimum atomic E-state index is -0.915. The first-order valence-corrected chi connectivity index (χ1v) is 29.5. The molecule has 0 saturated carbocycles. The fraction of sp³-hybridized carbons (Fsp3) is 0.597. The molecule has 2 aliphatic rings. The molecule has 21 nitrogen and oxygen atoms in total. The number of rotatable bonds is 33. The Morgan fingerprint density at radius 2 is 1.37 bits per heavy atom. The number of unbranched alkanes of at least 4 members (excludes halogenated alkanes) is 2. The van der Waals surface area contributed by atoms with Crippen molar-refractivity contribution in [2.45, 2.75) is 168 Å². The Morgan fingerprint density at radius 3 is 2.00 bits per heavy atom. The quantitative estimate of drug-likeness (QED) is 0.0269. The monoisotopic (exact) mass is 1150 g/mol. The topological polar surface area (TPSA) is 261 Å². The number of hydrogen-bond donors (Lipinski definition) is 6. The van der Waals surface area contributed by atoms with E-state index in [1.54, 1.807) is 26.0 Å². The van der Waals surface area contributed by atoms with E-state index in [-0.39, 0.29) is 92.0 Å². The van der Waals surface area contributed by atoms with Crippen molar-refractivity contribution in [1.82, 2.24) is 51.4 Å². The second-order valence-corrected chi connectivity index (χ2v) is 23.0. The van der Waals surface area contributed by atoms with Gasteiger partial charge in [0.25, 0.3) is 11.8 Å². The maximum atomic E-state index is 14.7. The molecule has 83 heavy (non-hydrogen) atoms. The van der Waals surface area contributed by atoms with Gasteiger partial charge in [0.2, 0.25) is 41.4 Å². The second kappa shape index (κ2) is 32.9. The van der Waals surface area contributed by atoms with Crippen molar-refractivity contribution in [3.8, 4) is 0 Å². The van der Waals surface area contributed by atoms with Crippen molar-refractivity contribution in [3.05, 3.63) is 84.1 Å². The number of carbonyl (C=O) groups excluding carboxylic acids is 9. The average molecular weight is 1150 g/mol. The van der Waals surface area contributed by atoms with Gasteiger partial charge >= 0.3 is 0 Å². The largest absolute Gasteiger partial charge is 0.379 e. The van der Waals surface area contributed by atoms with E-state index in [2.05, 4.69) is 38.7 Å². The van der Waals surface area contributed by atoms with Crippen LogP contribution in [-0.4, -0.2) is 168 Å². The van der Waals surface area contributed by atoms with Gasteiger partial charge in [-0.2, -0.15) is 0 Å². The number of carbonyl (C=O) groups is 9. The van der Waals surface area contributed by atoms with Crippen LogP contribution in [-0.2, 0) is 65.6 Å². The molecule has 1 fully saturated rings. The van der Waals surface area contributed by atoms with Crippen molar-refractivity contribution in [1.29, 1.82) is 0 Å². The standard InChI is InChI=1S/C62H92N10O11/c1-12-41(6)57(70(9)56(40(4)5)62(81)66-61(80)55(39(2)3)69(8)32-22-29-51(74)68-67-50(73)28-17-14-20-33-72-52(75)30-31-53(72)76)49(82-10)36-54(77)71-34-21-27-48(71)58(83-11)42(7)59(78)65-47(60(79)64-37-43-23-15-13-16-24-43)35-44-38-63-46-26-19-18-25-45(44)46/h13,15-16,18-19,23-26,30-31,38-42,47-49,55-58,63H,12,14,17,20-22,27-29,32-37H2,1-11H3,(H,64,79)(H,65,78)(H,67,73)(H,68,74)(H,66,80,81)/t41-,42+,47-,48-,49+,55-,56-,57-,58+/m0/s1. The number of para-hydroxylation sites is 1. The van der Waals surface area contributed by atoms with Crippen LogP contribution < -0.4 is 26.8 Å². The number of likely N-dealkylation sites (tertiary alicyclic amines) is 1. The highest BCUT2D eigenvalue weighted by Crippen LogP contribution is 2.31. The summed E-state index contributed by atoms with van der Waals surface area (Å²) < 4.78 is 12.3. The predicted molar refractivity (Wildman–Crippen MR) is 316 cm³/mol. The highest BCUT2D eigenvalue weighted by Gasteiger charge is 2.44. The molecule has 5 rings (SSSR count). The first kappa shape index (κ1) is 67.0. The molecule has 2 aromatic carbocycles. The van der Waals surface area contributed by atoms with Crippen molar-refractivity contribution < 1.29 is 52.6 Å². The van der Waals surface area contributed by atoms with E-state index in [4.69, 9.17) is 9.47 Å². The third kappa shape index (κ3) is 18.8. The number of aromatic nitrogens is 1. The molecular formula is C62H92N10O11. The van der Waals surface area contributed by atoms with Gasteiger partial charge in [-0.1, -0.05) is 110 Å². The van der Waals surface area contributed by atoms with Crippen molar-refractivity contribution in [2.24, 2.45) is 23.7 Å². The summed E-state index contributed by atoms with van der Waals surface area (Å²) in [5, 5.41) is 9.73. The third-order valence-electron chi connectivity index (χ3n) is 16.4. The minimum Gasteiger partial charge on any atom is -0.379 e. The van der Waals surface area contributed by atoms with E-state index in [0.29, 0.717) is 58.0 Å². The molecule has 0 unspecified atom stereocenters.